The molecule has 0 radical (unpaired) electrons. The Labute approximate surface area is 136 Å². The van der Waals surface area contributed by atoms with Gasteiger partial charge in [-0.05, 0) is 39.7 Å². The lowest BCUT2D eigenvalue weighted by Crippen LogP contribution is -1.96. The van der Waals surface area contributed by atoms with Crippen molar-refractivity contribution in [1.82, 2.24) is 15.0 Å². The highest BCUT2D eigenvalue weighted by Gasteiger charge is 2.05. The first kappa shape index (κ1) is 14.6. The van der Waals surface area contributed by atoms with Crippen molar-refractivity contribution in [2.75, 3.05) is 0 Å². The SMILES string of the molecule is NCc1ccc(Oc2ccnc(-c3cncc(Br)c3)n2)cc1. The second-order valence-corrected chi connectivity index (χ2v) is 5.48. The van der Waals surface area contributed by atoms with Crippen molar-refractivity contribution in [3.63, 3.8) is 0 Å². The smallest absolute Gasteiger partial charge is 0.222 e. The van der Waals surface area contributed by atoms with Crippen LogP contribution >= 0.6 is 15.9 Å². The zero-order chi connectivity index (χ0) is 15.4. The monoisotopic (exact) mass is 356 g/mol. The van der Waals surface area contributed by atoms with E-state index in [2.05, 4.69) is 30.9 Å². The fourth-order valence-corrected chi connectivity index (χ4v) is 2.25. The van der Waals surface area contributed by atoms with Crippen LogP contribution in [0.4, 0.5) is 0 Å². The summed E-state index contributed by atoms with van der Waals surface area (Å²) in [6, 6.07) is 11.2. The molecule has 0 aliphatic carbocycles. The zero-order valence-corrected chi connectivity index (χ0v) is 13.2. The van der Waals surface area contributed by atoms with Crippen LogP contribution in [0.1, 0.15) is 5.56 Å². The second-order valence-electron chi connectivity index (χ2n) is 4.56. The maximum atomic E-state index is 5.75. The molecule has 0 saturated heterocycles. The average Bonchev–Trinajstić information content (AvgIpc) is 2.56. The topological polar surface area (TPSA) is 73.9 Å². The van der Waals surface area contributed by atoms with Crippen LogP contribution in [0.25, 0.3) is 11.4 Å². The van der Waals surface area contributed by atoms with Gasteiger partial charge < -0.3 is 10.5 Å². The predicted octanol–water partition coefficient (Wildman–Crippen LogP) is 3.55. The molecule has 5 nitrogen and oxygen atoms in total. The van der Waals surface area contributed by atoms with E-state index in [4.69, 9.17) is 10.5 Å². The molecule has 22 heavy (non-hydrogen) atoms. The lowest BCUT2D eigenvalue weighted by atomic mass is 10.2. The van der Waals surface area contributed by atoms with Crippen LogP contribution < -0.4 is 10.5 Å². The highest BCUT2D eigenvalue weighted by atomic mass is 79.9. The van der Waals surface area contributed by atoms with E-state index in [9.17, 15) is 0 Å². The summed E-state index contributed by atoms with van der Waals surface area (Å²) >= 11 is 3.39. The molecule has 0 spiro atoms. The lowest BCUT2D eigenvalue weighted by Gasteiger charge is -2.07. The Morgan fingerprint density at radius 1 is 1.09 bits per heavy atom. The van der Waals surface area contributed by atoms with Gasteiger partial charge in [0.15, 0.2) is 5.82 Å². The minimum absolute atomic E-state index is 0.477. The molecule has 6 heteroatoms. The van der Waals surface area contributed by atoms with Crippen molar-refractivity contribution in [3.05, 3.63) is 65.0 Å². The molecule has 2 heterocycles. The van der Waals surface area contributed by atoms with Crippen molar-refractivity contribution in [2.24, 2.45) is 5.73 Å². The number of aromatic nitrogens is 3. The van der Waals surface area contributed by atoms with Gasteiger partial charge in [0.1, 0.15) is 5.75 Å². The van der Waals surface area contributed by atoms with E-state index in [0.29, 0.717) is 24.0 Å². The number of benzene rings is 1. The summed E-state index contributed by atoms with van der Waals surface area (Å²) in [7, 11) is 0. The quantitative estimate of drug-likeness (QED) is 0.773. The van der Waals surface area contributed by atoms with E-state index in [1.165, 1.54) is 0 Å². The zero-order valence-electron chi connectivity index (χ0n) is 11.6. The van der Waals surface area contributed by atoms with E-state index < -0.39 is 0 Å². The summed E-state index contributed by atoms with van der Waals surface area (Å²) in [4.78, 5) is 12.8. The van der Waals surface area contributed by atoms with Crippen molar-refractivity contribution in [2.45, 2.75) is 6.54 Å². The Balaban J connectivity index is 1.84. The van der Waals surface area contributed by atoms with Gasteiger partial charge in [0.25, 0.3) is 0 Å². The van der Waals surface area contributed by atoms with E-state index in [-0.39, 0.29) is 0 Å². The van der Waals surface area contributed by atoms with Gasteiger partial charge in [-0.25, -0.2) is 4.98 Å². The van der Waals surface area contributed by atoms with E-state index in [1.807, 2.05) is 30.3 Å². The van der Waals surface area contributed by atoms with Crippen LogP contribution in [0, 0.1) is 0 Å². The fraction of sp³-hybridized carbons (Fsp3) is 0.0625. The molecule has 0 fully saturated rings. The minimum Gasteiger partial charge on any atom is -0.439 e. The maximum absolute atomic E-state index is 5.75. The van der Waals surface area contributed by atoms with Gasteiger partial charge >= 0.3 is 0 Å². The molecule has 110 valence electrons. The van der Waals surface area contributed by atoms with Crippen molar-refractivity contribution >= 4 is 15.9 Å². The van der Waals surface area contributed by atoms with E-state index in [0.717, 1.165) is 15.6 Å². The summed E-state index contributed by atoms with van der Waals surface area (Å²) in [5, 5.41) is 0. The molecule has 3 aromatic rings. The number of halogens is 1. The molecular weight excluding hydrogens is 344 g/mol. The Morgan fingerprint density at radius 2 is 1.91 bits per heavy atom. The average molecular weight is 357 g/mol. The normalized spacial score (nSPS) is 10.5. The fourth-order valence-electron chi connectivity index (χ4n) is 1.89. The Hall–Kier alpha value is -2.31. The van der Waals surface area contributed by atoms with Crippen LogP contribution in [0.15, 0.2) is 59.5 Å². The molecule has 0 unspecified atom stereocenters. The van der Waals surface area contributed by atoms with Gasteiger partial charge in [0, 0.05) is 41.2 Å². The lowest BCUT2D eigenvalue weighted by molar-refractivity contribution is 0.462. The Bertz CT molecular complexity index is 777. The molecule has 3 rings (SSSR count). The molecule has 0 aliphatic heterocycles. The molecular formula is C16H13BrN4O. The number of nitrogens with two attached hydrogens (primary N) is 1. The Kier molecular flexibility index (Phi) is 4.41. The third kappa shape index (κ3) is 3.47. The van der Waals surface area contributed by atoms with Crippen molar-refractivity contribution < 1.29 is 4.74 Å². The number of pyridine rings is 1. The van der Waals surface area contributed by atoms with Crippen LogP contribution in [0.2, 0.25) is 0 Å². The van der Waals surface area contributed by atoms with Gasteiger partial charge in [-0.2, -0.15) is 4.98 Å². The molecule has 0 amide bonds. The van der Waals surface area contributed by atoms with Gasteiger partial charge in [-0.3, -0.25) is 4.98 Å². The third-order valence-electron chi connectivity index (χ3n) is 2.97. The van der Waals surface area contributed by atoms with Crippen LogP contribution in [0.3, 0.4) is 0 Å². The molecule has 2 aromatic heterocycles. The summed E-state index contributed by atoms with van der Waals surface area (Å²) in [6.45, 7) is 0.508. The molecule has 2 N–H and O–H groups in total. The molecule has 0 bridgehead atoms. The van der Waals surface area contributed by atoms with Crippen LogP contribution in [-0.4, -0.2) is 15.0 Å². The summed E-state index contributed by atoms with van der Waals surface area (Å²) in [5.74, 6) is 1.74. The standard InChI is InChI=1S/C16H13BrN4O/c17-13-7-12(9-19-10-13)16-20-6-5-15(21-16)22-14-3-1-11(8-18)2-4-14/h1-7,9-10H,8,18H2. The predicted molar refractivity (Wildman–Crippen MR) is 87.4 cm³/mol. The first-order valence-corrected chi connectivity index (χ1v) is 7.45. The number of hydrogen-bond donors (Lipinski definition) is 1. The first-order valence-electron chi connectivity index (χ1n) is 6.65. The summed E-state index contributed by atoms with van der Waals surface area (Å²) in [6.07, 6.45) is 5.08. The number of ether oxygens (including phenoxy) is 1. The van der Waals surface area contributed by atoms with Crippen molar-refractivity contribution in [3.8, 4) is 23.0 Å². The van der Waals surface area contributed by atoms with E-state index >= 15 is 0 Å². The van der Waals surface area contributed by atoms with E-state index in [1.54, 1.807) is 24.7 Å². The first-order chi connectivity index (χ1) is 10.7. The largest absolute Gasteiger partial charge is 0.439 e. The summed E-state index contributed by atoms with van der Waals surface area (Å²) in [5.41, 5.74) is 7.45. The highest BCUT2D eigenvalue weighted by Crippen LogP contribution is 2.23. The molecule has 0 saturated carbocycles. The minimum atomic E-state index is 0.477. The van der Waals surface area contributed by atoms with Gasteiger partial charge in [-0.1, -0.05) is 12.1 Å². The molecule has 1 aromatic carbocycles. The van der Waals surface area contributed by atoms with Gasteiger partial charge in [-0.15, -0.1) is 0 Å². The number of hydrogen-bond acceptors (Lipinski definition) is 5. The van der Waals surface area contributed by atoms with Crippen LogP contribution in [-0.2, 0) is 6.54 Å². The molecule has 0 aliphatic rings. The molecule has 0 atom stereocenters. The number of nitrogens with zero attached hydrogens (tertiary/aromatic N) is 3. The van der Waals surface area contributed by atoms with Gasteiger partial charge in [0.05, 0.1) is 0 Å². The highest BCUT2D eigenvalue weighted by molar-refractivity contribution is 9.10. The van der Waals surface area contributed by atoms with Gasteiger partial charge in [0.2, 0.25) is 5.88 Å². The second kappa shape index (κ2) is 6.64. The number of rotatable bonds is 4. The maximum Gasteiger partial charge on any atom is 0.222 e. The van der Waals surface area contributed by atoms with Crippen LogP contribution in [0.5, 0.6) is 11.6 Å². The Morgan fingerprint density at radius 3 is 2.64 bits per heavy atom. The third-order valence-corrected chi connectivity index (χ3v) is 3.41. The van der Waals surface area contributed by atoms with Crippen molar-refractivity contribution in [1.29, 1.82) is 0 Å². The summed E-state index contributed by atoms with van der Waals surface area (Å²) < 4.78 is 6.62.